The summed E-state index contributed by atoms with van der Waals surface area (Å²) < 4.78 is 12.1. The van der Waals surface area contributed by atoms with Crippen LogP contribution in [0.25, 0.3) is 11.1 Å². The molecule has 0 bridgehead atoms. The Labute approximate surface area is 151 Å². The van der Waals surface area contributed by atoms with Crippen molar-refractivity contribution >= 4 is 15.9 Å². The molecule has 24 heavy (non-hydrogen) atoms. The first kappa shape index (κ1) is 17.4. The Morgan fingerprint density at radius 2 is 1.79 bits per heavy atom. The zero-order chi connectivity index (χ0) is 16.8. The van der Waals surface area contributed by atoms with E-state index in [0.717, 1.165) is 47.7 Å². The van der Waals surface area contributed by atoms with Gasteiger partial charge in [-0.25, -0.2) is 0 Å². The second-order valence-electron chi connectivity index (χ2n) is 5.88. The summed E-state index contributed by atoms with van der Waals surface area (Å²) in [6, 6.07) is 16.1. The largest absolute Gasteiger partial charge is 0.491 e. The molecule has 5 heteroatoms. The van der Waals surface area contributed by atoms with E-state index >= 15 is 0 Å². The molecule has 0 amide bonds. The van der Waals surface area contributed by atoms with Gasteiger partial charge in [0.2, 0.25) is 0 Å². The van der Waals surface area contributed by atoms with E-state index < -0.39 is 6.10 Å². The van der Waals surface area contributed by atoms with Crippen molar-refractivity contribution in [3.05, 3.63) is 53.0 Å². The molecule has 0 spiro atoms. The number of aliphatic hydroxyl groups is 1. The smallest absolute Gasteiger partial charge is 0.119 e. The molecule has 2 aromatic rings. The first-order chi connectivity index (χ1) is 11.7. The SMILES string of the molecule is OC(COc1ccc(-c2ccccc2Br)cc1)CN1CCOCC1. The van der Waals surface area contributed by atoms with Crippen LogP contribution in [0.1, 0.15) is 0 Å². The van der Waals surface area contributed by atoms with Gasteiger partial charge in [0.25, 0.3) is 0 Å². The lowest BCUT2D eigenvalue weighted by Crippen LogP contribution is -2.42. The number of hydrogen-bond donors (Lipinski definition) is 1. The van der Waals surface area contributed by atoms with Crippen molar-refractivity contribution in [1.29, 1.82) is 0 Å². The number of aliphatic hydroxyl groups excluding tert-OH is 1. The van der Waals surface area contributed by atoms with Gasteiger partial charge in [0.1, 0.15) is 18.5 Å². The normalized spacial score (nSPS) is 16.8. The molecular formula is C19H22BrNO3. The summed E-state index contributed by atoms with van der Waals surface area (Å²) in [5, 5.41) is 10.1. The number of morpholine rings is 1. The minimum Gasteiger partial charge on any atom is -0.491 e. The topological polar surface area (TPSA) is 41.9 Å². The van der Waals surface area contributed by atoms with Crippen LogP contribution < -0.4 is 4.74 Å². The highest BCUT2D eigenvalue weighted by Crippen LogP contribution is 2.29. The van der Waals surface area contributed by atoms with Gasteiger partial charge < -0.3 is 14.6 Å². The Morgan fingerprint density at radius 3 is 2.50 bits per heavy atom. The maximum Gasteiger partial charge on any atom is 0.119 e. The molecule has 1 N–H and O–H groups in total. The van der Waals surface area contributed by atoms with Gasteiger partial charge in [0, 0.05) is 24.1 Å². The minimum atomic E-state index is -0.494. The van der Waals surface area contributed by atoms with E-state index in [1.165, 1.54) is 0 Å². The van der Waals surface area contributed by atoms with Crippen molar-refractivity contribution in [2.45, 2.75) is 6.10 Å². The van der Waals surface area contributed by atoms with E-state index in [2.05, 4.69) is 26.9 Å². The highest BCUT2D eigenvalue weighted by atomic mass is 79.9. The lowest BCUT2D eigenvalue weighted by molar-refractivity contribution is 0.00466. The van der Waals surface area contributed by atoms with Crippen molar-refractivity contribution in [3.8, 4) is 16.9 Å². The molecule has 1 atom stereocenters. The number of benzene rings is 2. The molecule has 1 aliphatic heterocycles. The molecule has 1 fully saturated rings. The lowest BCUT2D eigenvalue weighted by atomic mass is 10.1. The van der Waals surface area contributed by atoms with Crippen LogP contribution in [0.15, 0.2) is 53.0 Å². The first-order valence-electron chi connectivity index (χ1n) is 8.18. The van der Waals surface area contributed by atoms with E-state index in [4.69, 9.17) is 9.47 Å². The van der Waals surface area contributed by atoms with Gasteiger partial charge in [-0.05, 0) is 29.3 Å². The predicted molar refractivity (Wildman–Crippen MR) is 98.3 cm³/mol. The van der Waals surface area contributed by atoms with Crippen LogP contribution in [0.5, 0.6) is 5.75 Å². The van der Waals surface area contributed by atoms with Crippen LogP contribution in [0.2, 0.25) is 0 Å². The standard InChI is InChI=1S/C19H22BrNO3/c20-19-4-2-1-3-18(19)15-5-7-17(8-6-15)24-14-16(22)13-21-9-11-23-12-10-21/h1-8,16,22H,9-14H2. The number of ether oxygens (including phenoxy) is 2. The maximum atomic E-state index is 10.1. The quantitative estimate of drug-likeness (QED) is 0.820. The van der Waals surface area contributed by atoms with Gasteiger partial charge in [-0.15, -0.1) is 0 Å². The monoisotopic (exact) mass is 391 g/mol. The number of nitrogens with zero attached hydrogens (tertiary/aromatic N) is 1. The summed E-state index contributed by atoms with van der Waals surface area (Å²) >= 11 is 3.57. The van der Waals surface area contributed by atoms with Crippen molar-refractivity contribution in [2.24, 2.45) is 0 Å². The molecular weight excluding hydrogens is 370 g/mol. The van der Waals surface area contributed by atoms with Gasteiger partial charge in [0.15, 0.2) is 0 Å². The van der Waals surface area contributed by atoms with Crippen LogP contribution in [-0.2, 0) is 4.74 Å². The van der Waals surface area contributed by atoms with E-state index in [1.54, 1.807) is 0 Å². The molecule has 1 unspecified atom stereocenters. The van der Waals surface area contributed by atoms with Crippen molar-refractivity contribution in [1.82, 2.24) is 4.90 Å². The summed E-state index contributed by atoms with van der Waals surface area (Å²) in [5.74, 6) is 0.770. The van der Waals surface area contributed by atoms with Crippen LogP contribution in [0.3, 0.4) is 0 Å². The third-order valence-electron chi connectivity index (χ3n) is 4.05. The molecule has 0 radical (unpaired) electrons. The van der Waals surface area contributed by atoms with Crippen LogP contribution >= 0.6 is 15.9 Å². The van der Waals surface area contributed by atoms with Gasteiger partial charge in [-0.2, -0.15) is 0 Å². The predicted octanol–water partition coefficient (Wildman–Crippen LogP) is 3.19. The number of halogens is 1. The third-order valence-corrected chi connectivity index (χ3v) is 4.75. The fraction of sp³-hybridized carbons (Fsp3) is 0.368. The molecule has 1 saturated heterocycles. The van der Waals surface area contributed by atoms with Gasteiger partial charge >= 0.3 is 0 Å². The number of β-amino-alcohol motifs (C(OH)–C–C–N with tert-alkyl or cyclic N) is 1. The summed E-state index contributed by atoms with van der Waals surface area (Å²) in [6.45, 7) is 4.15. The Morgan fingerprint density at radius 1 is 1.08 bits per heavy atom. The van der Waals surface area contributed by atoms with E-state index in [-0.39, 0.29) is 0 Å². The van der Waals surface area contributed by atoms with Gasteiger partial charge in [0.05, 0.1) is 13.2 Å². The van der Waals surface area contributed by atoms with E-state index in [1.807, 2.05) is 42.5 Å². The van der Waals surface area contributed by atoms with Crippen molar-refractivity contribution in [2.75, 3.05) is 39.5 Å². The zero-order valence-corrected chi connectivity index (χ0v) is 15.1. The second kappa shape index (κ2) is 8.62. The summed E-state index contributed by atoms with van der Waals surface area (Å²) in [4.78, 5) is 2.20. The van der Waals surface area contributed by atoms with Crippen molar-refractivity contribution < 1.29 is 14.6 Å². The molecule has 3 rings (SSSR count). The number of hydrogen-bond acceptors (Lipinski definition) is 4. The molecule has 0 saturated carbocycles. The van der Waals surface area contributed by atoms with E-state index in [0.29, 0.717) is 13.2 Å². The summed E-state index contributed by atoms with van der Waals surface area (Å²) in [5.41, 5.74) is 2.28. The highest BCUT2D eigenvalue weighted by molar-refractivity contribution is 9.10. The zero-order valence-electron chi connectivity index (χ0n) is 13.5. The lowest BCUT2D eigenvalue weighted by Gasteiger charge is -2.28. The average molecular weight is 392 g/mol. The fourth-order valence-electron chi connectivity index (χ4n) is 2.75. The Hall–Kier alpha value is -1.40. The molecule has 128 valence electrons. The fourth-order valence-corrected chi connectivity index (χ4v) is 3.27. The molecule has 1 heterocycles. The minimum absolute atomic E-state index is 0.297. The van der Waals surface area contributed by atoms with Gasteiger partial charge in [-0.3, -0.25) is 4.90 Å². The Bertz CT molecular complexity index is 641. The van der Waals surface area contributed by atoms with E-state index in [9.17, 15) is 5.11 Å². The summed E-state index contributed by atoms with van der Waals surface area (Å²) in [6.07, 6.45) is -0.494. The van der Waals surface area contributed by atoms with Gasteiger partial charge in [-0.1, -0.05) is 46.3 Å². The first-order valence-corrected chi connectivity index (χ1v) is 8.97. The number of rotatable bonds is 6. The highest BCUT2D eigenvalue weighted by Gasteiger charge is 2.15. The van der Waals surface area contributed by atoms with Crippen LogP contribution in [-0.4, -0.2) is 55.6 Å². The van der Waals surface area contributed by atoms with Crippen LogP contribution in [0, 0.1) is 0 Å². The van der Waals surface area contributed by atoms with Crippen molar-refractivity contribution in [3.63, 3.8) is 0 Å². The summed E-state index contributed by atoms with van der Waals surface area (Å²) in [7, 11) is 0. The molecule has 4 nitrogen and oxygen atoms in total. The molecule has 0 aliphatic carbocycles. The average Bonchev–Trinajstić information content (AvgIpc) is 2.62. The molecule has 1 aliphatic rings. The molecule has 2 aromatic carbocycles. The third kappa shape index (κ3) is 4.80. The Kier molecular flexibility index (Phi) is 6.26. The van der Waals surface area contributed by atoms with Crippen LogP contribution in [0.4, 0.5) is 0 Å². The second-order valence-corrected chi connectivity index (χ2v) is 6.74. The molecule has 0 aromatic heterocycles. The Balaban J connectivity index is 1.52. The maximum absolute atomic E-state index is 10.1.